The third-order valence-electron chi connectivity index (χ3n) is 4.34. The van der Waals surface area contributed by atoms with Crippen molar-refractivity contribution in [1.82, 2.24) is 9.78 Å². The Bertz CT molecular complexity index is 655. The van der Waals surface area contributed by atoms with Gasteiger partial charge in [0, 0.05) is 6.07 Å². The number of furan rings is 1. The number of rotatable bonds is 6. The molecule has 1 atom stereocenters. The normalized spacial score (nSPS) is 16.6. The Labute approximate surface area is 136 Å². The second-order valence-corrected chi connectivity index (χ2v) is 6.47. The highest BCUT2D eigenvalue weighted by Crippen LogP contribution is 2.31. The smallest absolute Gasteiger partial charge is 0.280 e. The van der Waals surface area contributed by atoms with Crippen LogP contribution in [0.5, 0.6) is 0 Å². The Morgan fingerprint density at radius 3 is 2.87 bits per heavy atom. The molecule has 0 aliphatic heterocycles. The third-order valence-corrected chi connectivity index (χ3v) is 4.34. The number of nitrogens with zero attached hydrogens (tertiary/aromatic N) is 2. The van der Waals surface area contributed by atoms with Crippen LogP contribution in [0.4, 0.5) is 5.82 Å². The minimum absolute atomic E-state index is 0.00512. The van der Waals surface area contributed by atoms with Gasteiger partial charge in [0.05, 0.1) is 19.3 Å². The summed E-state index contributed by atoms with van der Waals surface area (Å²) in [6.45, 7) is 3.02. The lowest BCUT2D eigenvalue weighted by Crippen LogP contribution is -3.08. The highest BCUT2D eigenvalue weighted by Gasteiger charge is 2.21. The predicted octanol–water partition coefficient (Wildman–Crippen LogP) is 1.55. The van der Waals surface area contributed by atoms with E-state index in [2.05, 4.69) is 10.4 Å². The summed E-state index contributed by atoms with van der Waals surface area (Å²) < 4.78 is 7.53. The van der Waals surface area contributed by atoms with Gasteiger partial charge in [0.15, 0.2) is 12.3 Å². The first-order valence-electron chi connectivity index (χ1n) is 8.32. The van der Waals surface area contributed by atoms with E-state index >= 15 is 0 Å². The number of amides is 1. The Kier molecular flexibility index (Phi) is 4.81. The van der Waals surface area contributed by atoms with Gasteiger partial charge in [0.1, 0.15) is 18.1 Å². The van der Waals surface area contributed by atoms with Crippen molar-refractivity contribution >= 4 is 11.7 Å². The summed E-state index contributed by atoms with van der Waals surface area (Å²) in [5.41, 5.74) is 0. The van der Waals surface area contributed by atoms with Gasteiger partial charge in [-0.25, -0.2) is 4.68 Å². The molecule has 124 valence electrons. The van der Waals surface area contributed by atoms with E-state index in [0.29, 0.717) is 19.1 Å². The lowest BCUT2D eigenvalue weighted by molar-refractivity contribution is -0.886. The molecule has 1 fully saturated rings. The molecule has 0 aromatic carbocycles. The van der Waals surface area contributed by atoms with Crippen molar-refractivity contribution in [2.75, 3.05) is 18.9 Å². The summed E-state index contributed by atoms with van der Waals surface area (Å²) in [7, 11) is 1.99. The van der Waals surface area contributed by atoms with E-state index in [4.69, 9.17) is 4.42 Å². The van der Waals surface area contributed by atoms with Gasteiger partial charge in [-0.05, 0) is 31.9 Å². The molecule has 2 aromatic heterocycles. The molecule has 1 amide bonds. The van der Waals surface area contributed by atoms with Crippen LogP contribution in [-0.2, 0) is 11.3 Å². The van der Waals surface area contributed by atoms with Crippen molar-refractivity contribution in [3.8, 4) is 0 Å². The molecule has 1 saturated carbocycles. The number of hydrogen-bond acceptors (Lipinski definition) is 3. The molecule has 3 rings (SSSR count). The van der Waals surface area contributed by atoms with E-state index in [9.17, 15) is 4.79 Å². The number of carbonyl (C=O) groups is 1. The highest BCUT2D eigenvalue weighted by atomic mass is 16.3. The molecule has 0 bridgehead atoms. The maximum absolute atomic E-state index is 12.3. The zero-order valence-electron chi connectivity index (χ0n) is 13.8. The van der Waals surface area contributed by atoms with E-state index in [1.807, 2.05) is 36.9 Å². The van der Waals surface area contributed by atoms with Gasteiger partial charge in [0.25, 0.3) is 5.91 Å². The molecule has 2 N–H and O–H groups in total. The van der Waals surface area contributed by atoms with Crippen molar-refractivity contribution < 1.29 is 14.1 Å². The van der Waals surface area contributed by atoms with E-state index in [1.165, 1.54) is 12.8 Å². The minimum atomic E-state index is 0.00512. The van der Waals surface area contributed by atoms with Gasteiger partial charge >= 0.3 is 0 Å². The van der Waals surface area contributed by atoms with Crippen LogP contribution in [0.15, 0.2) is 28.8 Å². The number of carbonyl (C=O) groups excluding carboxylic acids is 1. The molecule has 0 saturated heterocycles. The van der Waals surface area contributed by atoms with Crippen LogP contribution in [0.3, 0.4) is 0 Å². The molecule has 0 spiro atoms. The van der Waals surface area contributed by atoms with E-state index in [1.54, 1.807) is 6.20 Å². The topological polar surface area (TPSA) is 64.5 Å². The standard InChI is InChI=1S/C17H24N4O2/c1-13-7-8-15(23-13)11-20(2)12-17(22)19-16-9-10-18-21(16)14-5-3-4-6-14/h7-10,14H,3-6,11-12H2,1-2H3,(H,19,22)/p+1. The predicted molar refractivity (Wildman–Crippen MR) is 87.3 cm³/mol. The molecule has 1 unspecified atom stereocenters. The first kappa shape index (κ1) is 15.8. The second-order valence-electron chi connectivity index (χ2n) is 6.47. The zero-order valence-corrected chi connectivity index (χ0v) is 13.8. The monoisotopic (exact) mass is 317 g/mol. The average molecular weight is 317 g/mol. The SMILES string of the molecule is Cc1ccc(C[NH+](C)CC(=O)Nc2ccnn2C2CCCC2)o1. The van der Waals surface area contributed by atoms with E-state index in [-0.39, 0.29) is 5.91 Å². The van der Waals surface area contributed by atoms with Gasteiger partial charge in [0.2, 0.25) is 0 Å². The van der Waals surface area contributed by atoms with E-state index < -0.39 is 0 Å². The molecule has 2 aromatic rings. The molecule has 1 aliphatic rings. The van der Waals surface area contributed by atoms with Crippen LogP contribution in [0.2, 0.25) is 0 Å². The van der Waals surface area contributed by atoms with Crippen molar-refractivity contribution in [3.63, 3.8) is 0 Å². The molecule has 6 nitrogen and oxygen atoms in total. The number of likely N-dealkylation sites (N-methyl/N-ethyl adjacent to an activating group) is 1. The van der Waals surface area contributed by atoms with Crippen molar-refractivity contribution in [2.45, 2.75) is 45.2 Å². The number of nitrogens with one attached hydrogen (secondary N) is 2. The fourth-order valence-corrected chi connectivity index (χ4v) is 3.25. The summed E-state index contributed by atoms with van der Waals surface area (Å²) in [5.74, 6) is 2.62. The van der Waals surface area contributed by atoms with Crippen LogP contribution >= 0.6 is 0 Å². The van der Waals surface area contributed by atoms with Crippen molar-refractivity contribution in [3.05, 3.63) is 35.9 Å². The summed E-state index contributed by atoms with van der Waals surface area (Å²) >= 11 is 0. The molecule has 6 heteroatoms. The third kappa shape index (κ3) is 4.01. The highest BCUT2D eigenvalue weighted by molar-refractivity contribution is 5.90. The van der Waals surface area contributed by atoms with Gasteiger partial charge in [-0.2, -0.15) is 5.10 Å². The molecular weight excluding hydrogens is 292 g/mol. The first-order chi connectivity index (χ1) is 11.1. The van der Waals surface area contributed by atoms with Crippen LogP contribution in [0, 0.1) is 6.92 Å². The number of aryl methyl sites for hydroxylation is 1. The molecular formula is C17H25N4O2+. The lowest BCUT2D eigenvalue weighted by Gasteiger charge is -2.16. The second kappa shape index (κ2) is 7.00. The van der Waals surface area contributed by atoms with Gasteiger partial charge in [-0.1, -0.05) is 12.8 Å². The number of anilines is 1. The van der Waals surface area contributed by atoms with Crippen LogP contribution < -0.4 is 10.2 Å². The Balaban J connectivity index is 1.54. The summed E-state index contributed by atoms with van der Waals surface area (Å²) in [6.07, 6.45) is 6.54. The largest absolute Gasteiger partial charge is 0.460 e. The summed E-state index contributed by atoms with van der Waals surface area (Å²) in [5, 5.41) is 7.38. The Morgan fingerprint density at radius 2 is 2.17 bits per heavy atom. The van der Waals surface area contributed by atoms with Crippen LogP contribution in [-0.4, -0.2) is 29.3 Å². The maximum atomic E-state index is 12.3. The summed E-state index contributed by atoms with van der Waals surface area (Å²) in [4.78, 5) is 13.4. The van der Waals surface area contributed by atoms with Crippen molar-refractivity contribution in [1.29, 1.82) is 0 Å². The zero-order chi connectivity index (χ0) is 16.2. The fourth-order valence-electron chi connectivity index (χ4n) is 3.25. The number of aromatic nitrogens is 2. The molecule has 2 heterocycles. The summed E-state index contributed by atoms with van der Waals surface area (Å²) in [6, 6.07) is 6.22. The minimum Gasteiger partial charge on any atom is -0.460 e. The first-order valence-corrected chi connectivity index (χ1v) is 8.32. The van der Waals surface area contributed by atoms with Gasteiger partial charge in [-0.3, -0.25) is 4.79 Å². The Morgan fingerprint density at radius 1 is 1.39 bits per heavy atom. The fraction of sp³-hybridized carbons (Fsp3) is 0.529. The average Bonchev–Trinajstić information content (AvgIpc) is 3.20. The van der Waals surface area contributed by atoms with Crippen LogP contribution in [0.1, 0.15) is 43.2 Å². The lowest BCUT2D eigenvalue weighted by atomic mass is 10.2. The van der Waals surface area contributed by atoms with E-state index in [0.717, 1.165) is 35.1 Å². The van der Waals surface area contributed by atoms with Crippen molar-refractivity contribution in [2.24, 2.45) is 0 Å². The number of hydrogen-bond donors (Lipinski definition) is 2. The van der Waals surface area contributed by atoms with Crippen LogP contribution in [0.25, 0.3) is 0 Å². The molecule has 1 aliphatic carbocycles. The maximum Gasteiger partial charge on any atom is 0.280 e. The van der Waals surface area contributed by atoms with Gasteiger partial charge in [-0.15, -0.1) is 0 Å². The molecule has 23 heavy (non-hydrogen) atoms. The molecule has 0 radical (unpaired) electrons. The van der Waals surface area contributed by atoms with Gasteiger partial charge < -0.3 is 14.6 Å². The Hall–Kier alpha value is -2.08. The quantitative estimate of drug-likeness (QED) is 0.850. The number of quaternary nitrogens is 1.